The van der Waals surface area contributed by atoms with Crippen LogP contribution >= 0.6 is 15.9 Å². The number of aromatic nitrogens is 2. The molecule has 2 aromatic rings. The van der Waals surface area contributed by atoms with Gasteiger partial charge < -0.3 is 10.5 Å². The van der Waals surface area contributed by atoms with Crippen LogP contribution in [0.1, 0.15) is 0 Å². The molecule has 0 bridgehead atoms. The summed E-state index contributed by atoms with van der Waals surface area (Å²) < 4.78 is 18.9. The van der Waals surface area contributed by atoms with Gasteiger partial charge in [0.15, 0.2) is 0 Å². The number of hydrogen-bond acceptors (Lipinski definition) is 4. The molecule has 16 heavy (non-hydrogen) atoms. The van der Waals surface area contributed by atoms with E-state index in [4.69, 9.17) is 10.5 Å². The smallest absolute Gasteiger partial charge is 0.224 e. The first-order valence-electron chi connectivity index (χ1n) is 4.36. The van der Waals surface area contributed by atoms with E-state index in [-0.39, 0.29) is 11.8 Å². The standard InChI is InChI=1S/C10H7BrFN3O/c11-6-3-7(12)5-8(4-6)16-9-1-2-14-10(13)15-9/h1-5H,(H2,13,14,15). The number of hydrogen-bond donors (Lipinski definition) is 1. The molecule has 0 atom stereocenters. The molecule has 0 aliphatic rings. The molecule has 6 heteroatoms. The summed E-state index contributed by atoms with van der Waals surface area (Å²) in [7, 11) is 0. The van der Waals surface area contributed by atoms with Gasteiger partial charge in [-0.2, -0.15) is 4.98 Å². The van der Waals surface area contributed by atoms with Crippen LogP contribution in [0.4, 0.5) is 10.3 Å². The number of ether oxygens (including phenoxy) is 1. The Balaban J connectivity index is 2.27. The number of rotatable bonds is 2. The van der Waals surface area contributed by atoms with Crippen LogP contribution in [-0.2, 0) is 0 Å². The zero-order valence-corrected chi connectivity index (χ0v) is 9.61. The summed E-state index contributed by atoms with van der Waals surface area (Å²) in [6, 6.07) is 5.75. The Morgan fingerprint density at radius 3 is 2.81 bits per heavy atom. The second kappa shape index (κ2) is 4.44. The van der Waals surface area contributed by atoms with E-state index in [0.717, 1.165) is 0 Å². The van der Waals surface area contributed by atoms with Crippen LogP contribution in [0.15, 0.2) is 34.9 Å². The molecule has 1 heterocycles. The predicted octanol–water partition coefficient (Wildman–Crippen LogP) is 2.75. The first-order valence-corrected chi connectivity index (χ1v) is 5.15. The third-order valence-corrected chi connectivity index (χ3v) is 2.16. The Morgan fingerprint density at radius 2 is 2.12 bits per heavy atom. The van der Waals surface area contributed by atoms with Crippen molar-refractivity contribution < 1.29 is 9.13 Å². The molecule has 1 aromatic carbocycles. The fraction of sp³-hybridized carbons (Fsp3) is 0. The number of anilines is 1. The highest BCUT2D eigenvalue weighted by molar-refractivity contribution is 9.10. The van der Waals surface area contributed by atoms with Crippen LogP contribution in [0.25, 0.3) is 0 Å². The van der Waals surface area contributed by atoms with Crippen molar-refractivity contribution >= 4 is 21.9 Å². The van der Waals surface area contributed by atoms with Crippen molar-refractivity contribution in [3.05, 3.63) is 40.8 Å². The minimum Gasteiger partial charge on any atom is -0.439 e. The molecule has 0 saturated heterocycles. The molecule has 0 saturated carbocycles. The summed E-state index contributed by atoms with van der Waals surface area (Å²) in [5.41, 5.74) is 5.39. The number of halogens is 2. The lowest BCUT2D eigenvalue weighted by Gasteiger charge is -2.05. The topological polar surface area (TPSA) is 61.0 Å². The summed E-state index contributed by atoms with van der Waals surface area (Å²) in [5.74, 6) is 0.314. The maximum atomic E-state index is 13.0. The van der Waals surface area contributed by atoms with Gasteiger partial charge in [0, 0.05) is 22.8 Å². The molecular weight excluding hydrogens is 277 g/mol. The molecule has 2 N–H and O–H groups in total. The maximum Gasteiger partial charge on any atom is 0.224 e. The molecule has 0 unspecified atom stereocenters. The first kappa shape index (κ1) is 10.8. The monoisotopic (exact) mass is 283 g/mol. The minimum absolute atomic E-state index is 0.105. The van der Waals surface area contributed by atoms with E-state index in [1.165, 1.54) is 24.4 Å². The molecule has 0 amide bonds. The van der Waals surface area contributed by atoms with E-state index in [2.05, 4.69) is 25.9 Å². The lowest BCUT2D eigenvalue weighted by molar-refractivity contribution is 0.457. The molecule has 82 valence electrons. The first-order chi connectivity index (χ1) is 7.63. The Labute approximate surface area is 99.4 Å². The maximum absolute atomic E-state index is 13.0. The molecule has 0 spiro atoms. The van der Waals surface area contributed by atoms with Gasteiger partial charge in [0.05, 0.1) is 0 Å². The van der Waals surface area contributed by atoms with Crippen LogP contribution in [-0.4, -0.2) is 9.97 Å². The van der Waals surface area contributed by atoms with E-state index >= 15 is 0 Å². The van der Waals surface area contributed by atoms with Crippen molar-refractivity contribution in [2.75, 3.05) is 5.73 Å². The highest BCUT2D eigenvalue weighted by atomic mass is 79.9. The van der Waals surface area contributed by atoms with Gasteiger partial charge in [-0.3, -0.25) is 0 Å². The van der Waals surface area contributed by atoms with Gasteiger partial charge in [-0.05, 0) is 12.1 Å². The highest BCUT2D eigenvalue weighted by Crippen LogP contribution is 2.24. The fourth-order valence-electron chi connectivity index (χ4n) is 1.12. The van der Waals surface area contributed by atoms with Gasteiger partial charge in [-0.1, -0.05) is 15.9 Å². The zero-order chi connectivity index (χ0) is 11.5. The van der Waals surface area contributed by atoms with Gasteiger partial charge in [0.1, 0.15) is 11.6 Å². The quantitative estimate of drug-likeness (QED) is 0.921. The average Bonchev–Trinajstić information content (AvgIpc) is 2.15. The SMILES string of the molecule is Nc1nccc(Oc2cc(F)cc(Br)c2)n1. The summed E-state index contributed by atoms with van der Waals surface area (Å²) in [4.78, 5) is 7.55. The molecule has 0 aliphatic heterocycles. The van der Waals surface area contributed by atoms with Crippen molar-refractivity contribution in [3.8, 4) is 11.6 Å². The van der Waals surface area contributed by atoms with Crippen LogP contribution in [0.5, 0.6) is 11.6 Å². The molecular formula is C10H7BrFN3O. The third-order valence-electron chi connectivity index (χ3n) is 1.71. The van der Waals surface area contributed by atoms with Crippen LogP contribution < -0.4 is 10.5 Å². The molecule has 1 aromatic heterocycles. The van der Waals surface area contributed by atoms with Gasteiger partial charge in [0.25, 0.3) is 0 Å². The van der Waals surface area contributed by atoms with Gasteiger partial charge in [-0.25, -0.2) is 9.37 Å². The summed E-state index contributed by atoms with van der Waals surface area (Å²) in [5, 5.41) is 0. The highest BCUT2D eigenvalue weighted by Gasteiger charge is 2.03. The summed E-state index contributed by atoms with van der Waals surface area (Å²) >= 11 is 3.16. The second-order valence-electron chi connectivity index (χ2n) is 2.96. The van der Waals surface area contributed by atoms with Crippen molar-refractivity contribution in [1.29, 1.82) is 0 Å². The zero-order valence-electron chi connectivity index (χ0n) is 8.02. The summed E-state index contributed by atoms with van der Waals surface area (Å²) in [6.07, 6.45) is 1.46. The minimum atomic E-state index is -0.397. The second-order valence-corrected chi connectivity index (χ2v) is 3.88. The molecule has 0 radical (unpaired) electrons. The number of benzene rings is 1. The Morgan fingerprint density at radius 1 is 1.31 bits per heavy atom. The van der Waals surface area contributed by atoms with Crippen LogP contribution in [0, 0.1) is 5.82 Å². The number of nitrogens with two attached hydrogens (primary N) is 1. The normalized spacial score (nSPS) is 10.1. The molecule has 4 nitrogen and oxygen atoms in total. The van der Waals surface area contributed by atoms with E-state index in [1.54, 1.807) is 6.07 Å². The van der Waals surface area contributed by atoms with Crippen molar-refractivity contribution in [1.82, 2.24) is 9.97 Å². The van der Waals surface area contributed by atoms with E-state index in [0.29, 0.717) is 10.2 Å². The number of nitrogen functional groups attached to an aromatic ring is 1. The lowest BCUT2D eigenvalue weighted by atomic mass is 10.3. The van der Waals surface area contributed by atoms with Gasteiger partial charge in [0.2, 0.25) is 11.8 Å². The largest absolute Gasteiger partial charge is 0.439 e. The molecule has 2 rings (SSSR count). The predicted molar refractivity (Wildman–Crippen MR) is 60.6 cm³/mol. The van der Waals surface area contributed by atoms with Crippen LogP contribution in [0.2, 0.25) is 0 Å². The molecule has 0 fully saturated rings. The molecule has 0 aliphatic carbocycles. The fourth-order valence-corrected chi connectivity index (χ4v) is 1.57. The van der Waals surface area contributed by atoms with E-state index < -0.39 is 5.82 Å². The van der Waals surface area contributed by atoms with Crippen LogP contribution in [0.3, 0.4) is 0 Å². The number of nitrogens with zero attached hydrogens (tertiary/aromatic N) is 2. The Bertz CT molecular complexity index is 501. The average molecular weight is 284 g/mol. The van der Waals surface area contributed by atoms with E-state index in [1.807, 2.05) is 0 Å². The Hall–Kier alpha value is -1.69. The third kappa shape index (κ3) is 2.66. The van der Waals surface area contributed by atoms with Crippen molar-refractivity contribution in [3.63, 3.8) is 0 Å². The van der Waals surface area contributed by atoms with Crippen molar-refractivity contribution in [2.45, 2.75) is 0 Å². The lowest BCUT2D eigenvalue weighted by Crippen LogP contribution is -1.96. The van der Waals surface area contributed by atoms with Crippen molar-refractivity contribution in [2.24, 2.45) is 0 Å². The Kier molecular flexibility index (Phi) is 3.00. The summed E-state index contributed by atoms with van der Waals surface area (Å²) in [6.45, 7) is 0. The van der Waals surface area contributed by atoms with Gasteiger partial charge >= 0.3 is 0 Å². The van der Waals surface area contributed by atoms with E-state index in [9.17, 15) is 4.39 Å². The van der Waals surface area contributed by atoms with Gasteiger partial charge in [-0.15, -0.1) is 0 Å².